The molecule has 24 heavy (non-hydrogen) atoms. The molecule has 0 saturated heterocycles. The molecule has 1 aromatic carbocycles. The molecular formula is C17H27NO6. The van der Waals surface area contributed by atoms with Crippen molar-refractivity contribution in [3.05, 3.63) is 35.9 Å². The fourth-order valence-electron chi connectivity index (χ4n) is 1.55. The van der Waals surface area contributed by atoms with Gasteiger partial charge in [-0.05, 0) is 26.3 Å². The van der Waals surface area contributed by atoms with Gasteiger partial charge >= 0.3 is 5.97 Å². The Balaban J connectivity index is 0.000000506. The largest absolute Gasteiger partial charge is 0.466 e. The fourth-order valence-corrected chi connectivity index (χ4v) is 1.55. The molecule has 0 aromatic heterocycles. The van der Waals surface area contributed by atoms with Gasteiger partial charge in [-0.2, -0.15) is 0 Å². The normalized spacial score (nSPS) is 12.4. The number of hydroxylamine groups is 1. The van der Waals surface area contributed by atoms with E-state index in [-0.39, 0.29) is 24.7 Å². The van der Waals surface area contributed by atoms with Gasteiger partial charge in [0.15, 0.2) is 0 Å². The zero-order valence-electron chi connectivity index (χ0n) is 14.4. The van der Waals surface area contributed by atoms with E-state index in [2.05, 4.69) is 10.2 Å². The summed E-state index contributed by atoms with van der Waals surface area (Å²) in [5, 5.41) is 17.6. The molecule has 1 rings (SSSR count). The number of amides is 1. The molecule has 2 unspecified atom stereocenters. The molecule has 1 aromatic rings. The van der Waals surface area contributed by atoms with E-state index in [1.165, 1.54) is 0 Å². The predicted octanol–water partition coefficient (Wildman–Crippen LogP) is 1.33. The number of aliphatic hydroxyl groups is 2. The van der Waals surface area contributed by atoms with E-state index >= 15 is 0 Å². The summed E-state index contributed by atoms with van der Waals surface area (Å²) in [5.41, 5.74) is 3.24. The van der Waals surface area contributed by atoms with Gasteiger partial charge < -0.3 is 14.9 Å². The first-order valence-corrected chi connectivity index (χ1v) is 7.81. The molecule has 0 aliphatic rings. The lowest BCUT2D eigenvalue weighted by Crippen LogP contribution is -2.26. The number of ether oxygens (including phenoxy) is 1. The molecule has 3 N–H and O–H groups in total. The molecule has 2 atom stereocenters. The summed E-state index contributed by atoms with van der Waals surface area (Å²) in [4.78, 5) is 26.5. The summed E-state index contributed by atoms with van der Waals surface area (Å²) in [6.45, 7) is 5.55. The van der Waals surface area contributed by atoms with Gasteiger partial charge in [0.1, 0.15) is 0 Å². The highest BCUT2D eigenvalue weighted by molar-refractivity contribution is 5.75. The van der Waals surface area contributed by atoms with E-state index in [1.54, 1.807) is 20.8 Å². The van der Waals surface area contributed by atoms with E-state index in [1.807, 2.05) is 30.3 Å². The summed E-state index contributed by atoms with van der Waals surface area (Å²) in [7, 11) is 0. The van der Waals surface area contributed by atoms with Crippen LogP contribution in [0.1, 0.15) is 39.2 Å². The quantitative estimate of drug-likeness (QED) is 0.487. The van der Waals surface area contributed by atoms with Gasteiger partial charge in [0.05, 0.1) is 38.3 Å². The lowest BCUT2D eigenvalue weighted by molar-refractivity contribution is -0.145. The number of esters is 1. The zero-order valence-corrected chi connectivity index (χ0v) is 14.4. The molecule has 0 aliphatic carbocycles. The van der Waals surface area contributed by atoms with Gasteiger partial charge in [0.2, 0.25) is 5.91 Å². The Kier molecular flexibility index (Phi) is 12.4. The average molecular weight is 341 g/mol. The molecule has 0 radical (unpaired) electrons. The van der Waals surface area contributed by atoms with Gasteiger partial charge in [0.25, 0.3) is 0 Å². The van der Waals surface area contributed by atoms with Crippen LogP contribution >= 0.6 is 0 Å². The summed E-state index contributed by atoms with van der Waals surface area (Å²) < 4.78 is 4.55. The maximum Gasteiger partial charge on any atom is 0.308 e. The summed E-state index contributed by atoms with van der Waals surface area (Å²) in [6.07, 6.45) is -1.10. The van der Waals surface area contributed by atoms with Crippen LogP contribution in [-0.4, -0.2) is 40.9 Å². The van der Waals surface area contributed by atoms with Gasteiger partial charge in [-0.3, -0.25) is 14.4 Å². The fraction of sp³-hybridized carbons (Fsp3) is 0.529. The minimum atomic E-state index is -0.648. The zero-order chi connectivity index (χ0) is 18.4. The van der Waals surface area contributed by atoms with Crippen molar-refractivity contribution in [3.63, 3.8) is 0 Å². The van der Waals surface area contributed by atoms with E-state index < -0.39 is 12.2 Å². The van der Waals surface area contributed by atoms with Crippen LogP contribution in [0.5, 0.6) is 0 Å². The van der Waals surface area contributed by atoms with Crippen LogP contribution in [0.3, 0.4) is 0 Å². The number of aliphatic hydroxyl groups excluding tert-OH is 2. The van der Waals surface area contributed by atoms with Crippen molar-refractivity contribution in [1.29, 1.82) is 0 Å². The van der Waals surface area contributed by atoms with Crippen molar-refractivity contribution in [2.45, 2.75) is 52.4 Å². The standard InChI is InChI=1S/C11H15NO3.C6H12O3/c1-9(13)7-11(14)12-15-8-10-5-3-2-4-6-10;1-3-9-6(8)4-5(2)7/h2-6,9,13H,7-8H2,1H3,(H,12,14);5,7H,3-4H2,1-2H3. The SMILES string of the molecule is CC(O)CC(=O)NOCc1ccccc1.CCOC(=O)CC(C)O. The van der Waals surface area contributed by atoms with Crippen LogP contribution in [0.15, 0.2) is 30.3 Å². The molecular weight excluding hydrogens is 314 g/mol. The third-order valence-electron chi connectivity index (χ3n) is 2.52. The number of hydrogen-bond donors (Lipinski definition) is 3. The van der Waals surface area contributed by atoms with Crippen molar-refractivity contribution >= 4 is 11.9 Å². The van der Waals surface area contributed by atoms with Crippen molar-refractivity contribution in [2.24, 2.45) is 0 Å². The second-order valence-corrected chi connectivity index (χ2v) is 5.21. The Morgan fingerprint density at radius 3 is 2.17 bits per heavy atom. The van der Waals surface area contributed by atoms with Crippen molar-refractivity contribution in [2.75, 3.05) is 6.61 Å². The molecule has 1 amide bonds. The highest BCUT2D eigenvalue weighted by Gasteiger charge is 2.05. The van der Waals surface area contributed by atoms with E-state index in [4.69, 9.17) is 15.1 Å². The number of hydrogen-bond acceptors (Lipinski definition) is 6. The van der Waals surface area contributed by atoms with Gasteiger partial charge in [-0.1, -0.05) is 30.3 Å². The highest BCUT2D eigenvalue weighted by Crippen LogP contribution is 1.99. The molecule has 0 spiro atoms. The molecule has 136 valence electrons. The Morgan fingerprint density at radius 2 is 1.67 bits per heavy atom. The monoisotopic (exact) mass is 341 g/mol. The number of carbonyl (C=O) groups excluding carboxylic acids is 2. The van der Waals surface area contributed by atoms with Crippen LogP contribution in [-0.2, 0) is 25.8 Å². The molecule has 7 heteroatoms. The Morgan fingerprint density at radius 1 is 1.08 bits per heavy atom. The molecule has 0 bridgehead atoms. The van der Waals surface area contributed by atoms with Crippen LogP contribution < -0.4 is 5.48 Å². The smallest absolute Gasteiger partial charge is 0.308 e. The Hall–Kier alpha value is -1.96. The van der Waals surface area contributed by atoms with E-state index in [0.29, 0.717) is 13.2 Å². The van der Waals surface area contributed by atoms with E-state index in [9.17, 15) is 9.59 Å². The average Bonchev–Trinajstić information content (AvgIpc) is 2.47. The first kappa shape index (κ1) is 22.0. The number of carbonyl (C=O) groups is 2. The van der Waals surface area contributed by atoms with Crippen LogP contribution in [0.4, 0.5) is 0 Å². The van der Waals surface area contributed by atoms with Crippen molar-refractivity contribution in [1.82, 2.24) is 5.48 Å². The Labute approximate surface area is 142 Å². The number of nitrogens with one attached hydrogen (secondary N) is 1. The summed E-state index contributed by atoms with van der Waals surface area (Å²) in [6, 6.07) is 9.52. The predicted molar refractivity (Wildman–Crippen MR) is 88.6 cm³/mol. The minimum Gasteiger partial charge on any atom is -0.466 e. The van der Waals surface area contributed by atoms with Crippen LogP contribution in [0, 0.1) is 0 Å². The van der Waals surface area contributed by atoms with Gasteiger partial charge in [0, 0.05) is 0 Å². The van der Waals surface area contributed by atoms with E-state index in [0.717, 1.165) is 5.56 Å². The maximum absolute atomic E-state index is 11.0. The van der Waals surface area contributed by atoms with Crippen LogP contribution in [0.2, 0.25) is 0 Å². The summed E-state index contributed by atoms with van der Waals surface area (Å²) >= 11 is 0. The number of rotatable bonds is 8. The third-order valence-corrected chi connectivity index (χ3v) is 2.52. The van der Waals surface area contributed by atoms with Crippen molar-refractivity contribution in [3.8, 4) is 0 Å². The maximum atomic E-state index is 11.0. The second kappa shape index (κ2) is 13.5. The first-order valence-electron chi connectivity index (χ1n) is 7.81. The molecule has 0 aliphatic heterocycles. The highest BCUT2D eigenvalue weighted by atomic mass is 16.6. The first-order chi connectivity index (χ1) is 11.3. The lowest BCUT2D eigenvalue weighted by atomic mass is 10.2. The molecule has 0 saturated carbocycles. The topological polar surface area (TPSA) is 105 Å². The van der Waals surface area contributed by atoms with Gasteiger partial charge in [-0.15, -0.1) is 0 Å². The Bertz CT molecular complexity index is 461. The molecule has 0 heterocycles. The molecule has 0 fully saturated rings. The lowest BCUT2D eigenvalue weighted by Gasteiger charge is -2.06. The van der Waals surface area contributed by atoms with Crippen LogP contribution in [0.25, 0.3) is 0 Å². The second-order valence-electron chi connectivity index (χ2n) is 5.21. The minimum absolute atomic E-state index is 0.0504. The van der Waals surface area contributed by atoms with Crippen molar-refractivity contribution < 1.29 is 29.4 Å². The molecule has 7 nitrogen and oxygen atoms in total. The summed E-state index contributed by atoms with van der Waals surface area (Å²) in [5.74, 6) is -0.659. The number of benzene rings is 1. The third kappa shape index (κ3) is 13.7. The van der Waals surface area contributed by atoms with Gasteiger partial charge in [-0.25, -0.2) is 5.48 Å².